The Morgan fingerprint density at radius 2 is 2.19 bits per heavy atom. The number of aromatic nitrogens is 1. The Morgan fingerprint density at radius 1 is 1.43 bits per heavy atom. The summed E-state index contributed by atoms with van der Waals surface area (Å²) in [5.41, 5.74) is 0. The number of anilines is 1. The van der Waals surface area contributed by atoms with Gasteiger partial charge in [-0.15, -0.1) is 0 Å². The molecule has 2 N–H and O–H groups in total. The smallest absolute Gasteiger partial charge is 0.242 e. The minimum absolute atomic E-state index is 0.209. The molecule has 118 valence electrons. The molecule has 1 aliphatic rings. The van der Waals surface area contributed by atoms with Crippen molar-refractivity contribution in [3.8, 4) is 0 Å². The quantitative estimate of drug-likeness (QED) is 0.824. The topological polar surface area (TPSA) is 74.3 Å². The van der Waals surface area contributed by atoms with Gasteiger partial charge in [-0.3, -0.25) is 0 Å². The zero-order valence-corrected chi connectivity index (χ0v) is 13.7. The summed E-state index contributed by atoms with van der Waals surface area (Å²) >= 11 is 0. The number of sulfonamides is 1. The van der Waals surface area contributed by atoms with Crippen molar-refractivity contribution in [2.75, 3.05) is 32.0 Å². The van der Waals surface area contributed by atoms with E-state index >= 15 is 0 Å². The lowest BCUT2D eigenvalue weighted by Gasteiger charge is -2.20. The molecule has 0 bridgehead atoms. The minimum atomic E-state index is -3.47. The number of nitrogens with zero attached hydrogens (tertiary/aromatic N) is 2. The minimum Gasteiger partial charge on any atom is -0.373 e. The van der Waals surface area contributed by atoms with Crippen molar-refractivity contribution in [1.29, 1.82) is 0 Å². The van der Waals surface area contributed by atoms with Gasteiger partial charge in [0.25, 0.3) is 0 Å². The Bertz CT molecular complexity index is 557. The molecule has 2 rings (SSSR count). The van der Waals surface area contributed by atoms with Crippen LogP contribution in [0.1, 0.15) is 20.3 Å². The van der Waals surface area contributed by atoms with E-state index in [1.165, 1.54) is 6.20 Å². The summed E-state index contributed by atoms with van der Waals surface area (Å²) in [4.78, 5) is 6.63. The van der Waals surface area contributed by atoms with Crippen LogP contribution in [0.3, 0.4) is 0 Å². The second-order valence-electron chi connectivity index (χ2n) is 5.72. The molecule has 1 aromatic rings. The SMILES string of the molecule is CNc1ccc(S(=O)(=O)NCC2CCN(C(C)C)C2)cn1. The second kappa shape index (κ2) is 6.72. The van der Waals surface area contributed by atoms with Crippen molar-refractivity contribution >= 4 is 15.8 Å². The highest BCUT2D eigenvalue weighted by Crippen LogP contribution is 2.18. The van der Waals surface area contributed by atoms with Crippen LogP contribution in [0.5, 0.6) is 0 Å². The number of rotatable bonds is 6. The van der Waals surface area contributed by atoms with Crippen molar-refractivity contribution < 1.29 is 8.42 Å². The first-order valence-corrected chi connectivity index (χ1v) is 8.78. The lowest BCUT2D eigenvalue weighted by molar-refractivity contribution is 0.265. The Hall–Kier alpha value is -1.18. The molecule has 21 heavy (non-hydrogen) atoms. The molecule has 2 heterocycles. The molecule has 0 spiro atoms. The maximum Gasteiger partial charge on any atom is 0.242 e. The van der Waals surface area contributed by atoms with Gasteiger partial charge in [0, 0.05) is 32.4 Å². The molecule has 1 aromatic heterocycles. The van der Waals surface area contributed by atoms with Crippen LogP contribution in [-0.4, -0.2) is 51.0 Å². The number of hydrogen-bond acceptors (Lipinski definition) is 5. The van der Waals surface area contributed by atoms with Crippen molar-refractivity contribution in [2.24, 2.45) is 5.92 Å². The summed E-state index contributed by atoms with van der Waals surface area (Å²) in [6.45, 7) is 6.82. The van der Waals surface area contributed by atoms with Crippen molar-refractivity contribution in [1.82, 2.24) is 14.6 Å². The van der Waals surface area contributed by atoms with Crippen LogP contribution < -0.4 is 10.0 Å². The fourth-order valence-corrected chi connectivity index (χ4v) is 3.56. The maximum absolute atomic E-state index is 12.2. The predicted molar refractivity (Wildman–Crippen MR) is 83.8 cm³/mol. The fraction of sp³-hybridized carbons (Fsp3) is 0.643. The second-order valence-corrected chi connectivity index (χ2v) is 7.49. The Kier molecular flexibility index (Phi) is 5.18. The summed E-state index contributed by atoms with van der Waals surface area (Å²) in [6.07, 6.45) is 2.42. The third-order valence-electron chi connectivity index (χ3n) is 3.91. The van der Waals surface area contributed by atoms with Gasteiger partial charge in [0.05, 0.1) is 0 Å². The highest BCUT2D eigenvalue weighted by molar-refractivity contribution is 7.89. The number of nitrogens with one attached hydrogen (secondary N) is 2. The Morgan fingerprint density at radius 3 is 2.71 bits per heavy atom. The average molecular weight is 312 g/mol. The van der Waals surface area contributed by atoms with Gasteiger partial charge in [-0.25, -0.2) is 18.1 Å². The van der Waals surface area contributed by atoms with Gasteiger partial charge < -0.3 is 10.2 Å². The third-order valence-corrected chi connectivity index (χ3v) is 5.32. The van der Waals surface area contributed by atoms with Crippen LogP contribution in [0.25, 0.3) is 0 Å². The molecule has 1 unspecified atom stereocenters. The Labute approximate surface area is 127 Å². The molecule has 0 amide bonds. The molecule has 7 heteroatoms. The van der Waals surface area contributed by atoms with Crippen molar-refractivity contribution in [3.63, 3.8) is 0 Å². The first-order valence-electron chi connectivity index (χ1n) is 7.30. The van der Waals surface area contributed by atoms with Crippen LogP contribution in [-0.2, 0) is 10.0 Å². The van der Waals surface area contributed by atoms with Crippen LogP contribution in [0, 0.1) is 5.92 Å². The summed E-state index contributed by atoms with van der Waals surface area (Å²) in [7, 11) is -1.72. The monoisotopic (exact) mass is 312 g/mol. The van der Waals surface area contributed by atoms with Gasteiger partial charge in [-0.2, -0.15) is 0 Å². The predicted octanol–water partition coefficient (Wildman–Crippen LogP) is 1.13. The lowest BCUT2D eigenvalue weighted by Crippen LogP contribution is -2.33. The van der Waals surface area contributed by atoms with E-state index in [2.05, 4.69) is 33.8 Å². The molecule has 0 aliphatic carbocycles. The largest absolute Gasteiger partial charge is 0.373 e. The highest BCUT2D eigenvalue weighted by Gasteiger charge is 2.25. The molecule has 1 fully saturated rings. The number of hydrogen-bond donors (Lipinski definition) is 2. The van der Waals surface area contributed by atoms with Crippen molar-refractivity contribution in [3.05, 3.63) is 18.3 Å². The number of likely N-dealkylation sites (tertiary alicyclic amines) is 1. The van der Waals surface area contributed by atoms with Crippen LogP contribution in [0.15, 0.2) is 23.2 Å². The van der Waals surface area contributed by atoms with E-state index in [1.807, 2.05) is 0 Å². The van der Waals surface area contributed by atoms with E-state index < -0.39 is 10.0 Å². The average Bonchev–Trinajstić information content (AvgIpc) is 2.94. The van der Waals surface area contributed by atoms with Gasteiger partial charge in [0.2, 0.25) is 10.0 Å². The van der Waals surface area contributed by atoms with Gasteiger partial charge in [0.15, 0.2) is 0 Å². The summed E-state index contributed by atoms with van der Waals surface area (Å²) in [5, 5.41) is 2.87. The van der Waals surface area contributed by atoms with E-state index in [1.54, 1.807) is 19.2 Å². The van der Waals surface area contributed by atoms with E-state index in [-0.39, 0.29) is 4.90 Å². The van der Waals surface area contributed by atoms with Crippen LogP contribution >= 0.6 is 0 Å². The molecule has 0 saturated carbocycles. The molecule has 6 nitrogen and oxygen atoms in total. The summed E-state index contributed by atoms with van der Waals surface area (Å²) in [5.74, 6) is 1.03. The first kappa shape index (κ1) is 16.2. The molecule has 1 saturated heterocycles. The van der Waals surface area contributed by atoms with Crippen LogP contribution in [0.4, 0.5) is 5.82 Å². The fourth-order valence-electron chi connectivity index (χ4n) is 2.50. The molecular formula is C14H24N4O2S. The highest BCUT2D eigenvalue weighted by atomic mass is 32.2. The first-order chi connectivity index (χ1) is 9.92. The zero-order chi connectivity index (χ0) is 15.5. The summed E-state index contributed by atoms with van der Waals surface area (Å²) in [6, 6.07) is 3.74. The summed E-state index contributed by atoms with van der Waals surface area (Å²) < 4.78 is 27.1. The normalized spacial score (nSPS) is 20.1. The maximum atomic E-state index is 12.2. The Balaban J connectivity index is 1.92. The van der Waals surface area contributed by atoms with Gasteiger partial charge in [0.1, 0.15) is 10.7 Å². The van der Waals surface area contributed by atoms with Gasteiger partial charge >= 0.3 is 0 Å². The lowest BCUT2D eigenvalue weighted by atomic mass is 10.1. The molecular weight excluding hydrogens is 288 g/mol. The van der Waals surface area contributed by atoms with E-state index in [9.17, 15) is 8.42 Å². The van der Waals surface area contributed by atoms with E-state index in [0.717, 1.165) is 19.5 Å². The van der Waals surface area contributed by atoms with Crippen LogP contribution in [0.2, 0.25) is 0 Å². The molecule has 1 atom stereocenters. The molecule has 0 aromatic carbocycles. The third kappa shape index (κ3) is 4.15. The number of pyridine rings is 1. The van der Waals surface area contributed by atoms with Gasteiger partial charge in [-0.05, 0) is 44.9 Å². The molecule has 1 aliphatic heterocycles. The van der Waals surface area contributed by atoms with Crippen molar-refractivity contribution in [2.45, 2.75) is 31.2 Å². The zero-order valence-electron chi connectivity index (χ0n) is 12.8. The van der Waals surface area contributed by atoms with Gasteiger partial charge in [-0.1, -0.05) is 0 Å². The molecule has 0 radical (unpaired) electrons. The van der Waals surface area contributed by atoms with E-state index in [0.29, 0.717) is 24.3 Å². The van der Waals surface area contributed by atoms with E-state index in [4.69, 9.17) is 0 Å². The standard InChI is InChI=1S/C14H24N4O2S/c1-11(2)18-7-6-12(10-18)8-17-21(19,20)13-4-5-14(15-3)16-9-13/h4-5,9,11-12,17H,6-8,10H2,1-3H3,(H,15,16).